The fraction of sp³-hybridized carbons (Fsp3) is 0.308. The van der Waals surface area contributed by atoms with Crippen LogP contribution in [0.25, 0.3) is 5.69 Å². The molecule has 33 heavy (non-hydrogen) atoms. The van der Waals surface area contributed by atoms with Gasteiger partial charge in [0.25, 0.3) is 5.91 Å². The number of aromatic nitrogens is 1. The summed E-state index contributed by atoms with van der Waals surface area (Å²) in [5.41, 5.74) is 4.11. The molecule has 0 spiro atoms. The van der Waals surface area contributed by atoms with Crippen molar-refractivity contribution in [3.05, 3.63) is 77.1 Å². The summed E-state index contributed by atoms with van der Waals surface area (Å²) in [5, 5.41) is 9.66. The second kappa shape index (κ2) is 9.00. The van der Waals surface area contributed by atoms with Crippen LogP contribution in [0.15, 0.2) is 54.7 Å². The number of rotatable bonds is 5. The molecule has 168 valence electrons. The maximum absolute atomic E-state index is 13.5. The number of nitrogens with zero attached hydrogens (tertiary/aromatic N) is 4. The number of hydrogen-bond acceptors (Lipinski definition) is 5. The minimum Gasteiger partial charge on any atom is -0.454 e. The van der Waals surface area contributed by atoms with Gasteiger partial charge in [-0.25, -0.2) is 0 Å². The van der Waals surface area contributed by atoms with E-state index in [0.29, 0.717) is 24.3 Å². The Morgan fingerprint density at radius 3 is 2.61 bits per heavy atom. The summed E-state index contributed by atoms with van der Waals surface area (Å²) in [6.07, 6.45) is 2.68. The lowest BCUT2D eigenvalue weighted by Gasteiger charge is -2.35. The molecule has 2 aromatic carbocycles. The van der Waals surface area contributed by atoms with Crippen LogP contribution in [0.4, 0.5) is 0 Å². The van der Waals surface area contributed by atoms with E-state index in [1.165, 1.54) is 0 Å². The van der Waals surface area contributed by atoms with Gasteiger partial charge < -0.3 is 18.9 Å². The van der Waals surface area contributed by atoms with E-state index in [1.54, 1.807) is 6.07 Å². The van der Waals surface area contributed by atoms with Crippen LogP contribution in [-0.4, -0.2) is 53.2 Å². The summed E-state index contributed by atoms with van der Waals surface area (Å²) in [7, 11) is 0. The number of para-hydroxylation sites is 1. The van der Waals surface area contributed by atoms with Gasteiger partial charge in [0.2, 0.25) is 6.79 Å². The van der Waals surface area contributed by atoms with E-state index in [9.17, 15) is 10.1 Å². The van der Waals surface area contributed by atoms with Crippen molar-refractivity contribution in [1.29, 1.82) is 5.26 Å². The number of benzene rings is 2. The fourth-order valence-electron chi connectivity index (χ4n) is 4.54. The molecular weight excluding hydrogens is 416 g/mol. The average molecular weight is 443 g/mol. The average Bonchev–Trinajstić information content (AvgIpc) is 3.50. The predicted octanol–water partition coefficient (Wildman–Crippen LogP) is 3.60. The Bertz CT molecular complexity index is 1220. The second-order valence-electron chi connectivity index (χ2n) is 8.30. The van der Waals surface area contributed by atoms with Gasteiger partial charge in [0, 0.05) is 44.6 Å². The van der Waals surface area contributed by atoms with Crippen LogP contribution in [0, 0.1) is 11.3 Å². The molecule has 0 bridgehead atoms. The number of nitriles is 1. The van der Waals surface area contributed by atoms with Crippen molar-refractivity contribution in [2.75, 3.05) is 33.0 Å². The maximum Gasteiger partial charge on any atom is 0.272 e. The van der Waals surface area contributed by atoms with Crippen LogP contribution in [0.1, 0.15) is 34.1 Å². The summed E-state index contributed by atoms with van der Waals surface area (Å²) in [6, 6.07) is 18.0. The fourth-order valence-corrected chi connectivity index (χ4v) is 4.54. The van der Waals surface area contributed by atoms with E-state index in [-0.39, 0.29) is 12.7 Å². The number of fused-ring (bicyclic) bond motifs is 1. The molecule has 0 unspecified atom stereocenters. The highest BCUT2D eigenvalue weighted by Gasteiger charge is 2.27. The van der Waals surface area contributed by atoms with Gasteiger partial charge in [0.15, 0.2) is 11.5 Å². The smallest absolute Gasteiger partial charge is 0.272 e. The molecule has 0 aliphatic carbocycles. The zero-order valence-corrected chi connectivity index (χ0v) is 18.7. The summed E-state index contributed by atoms with van der Waals surface area (Å²) in [5.74, 6) is 1.48. The van der Waals surface area contributed by atoms with Gasteiger partial charge in [-0.05, 0) is 41.8 Å². The molecule has 7 nitrogen and oxygen atoms in total. The molecular formula is C26H26N4O3. The third-order valence-electron chi connectivity index (χ3n) is 6.34. The van der Waals surface area contributed by atoms with E-state index >= 15 is 0 Å². The SMILES string of the molecule is CCc1ccccc1-n1ccc(C#N)c1C(=O)N1CCN(Cc2ccc3c(c2)OCO3)CC1. The molecule has 1 fully saturated rings. The van der Waals surface area contributed by atoms with Gasteiger partial charge in [0.1, 0.15) is 11.8 Å². The summed E-state index contributed by atoms with van der Waals surface area (Å²) >= 11 is 0. The van der Waals surface area contributed by atoms with Crippen LogP contribution in [0.3, 0.4) is 0 Å². The third kappa shape index (κ3) is 4.06. The predicted molar refractivity (Wildman–Crippen MR) is 124 cm³/mol. The van der Waals surface area contributed by atoms with Crippen molar-refractivity contribution in [1.82, 2.24) is 14.4 Å². The molecule has 3 aromatic rings. The lowest BCUT2D eigenvalue weighted by atomic mass is 10.1. The van der Waals surface area contributed by atoms with Crippen LogP contribution >= 0.6 is 0 Å². The first kappa shape index (κ1) is 21.1. The Balaban J connectivity index is 1.30. The Hall–Kier alpha value is -3.76. The largest absolute Gasteiger partial charge is 0.454 e. The zero-order valence-electron chi connectivity index (χ0n) is 18.7. The van der Waals surface area contributed by atoms with Gasteiger partial charge in [0.05, 0.1) is 5.56 Å². The lowest BCUT2D eigenvalue weighted by Crippen LogP contribution is -2.48. The molecule has 0 atom stereocenters. The molecule has 1 saturated heterocycles. The minimum absolute atomic E-state index is 0.0924. The van der Waals surface area contributed by atoms with Gasteiger partial charge in [-0.2, -0.15) is 5.26 Å². The first-order chi connectivity index (χ1) is 16.2. The summed E-state index contributed by atoms with van der Waals surface area (Å²) < 4.78 is 12.7. The monoisotopic (exact) mass is 442 g/mol. The van der Waals surface area contributed by atoms with E-state index in [1.807, 2.05) is 46.0 Å². The van der Waals surface area contributed by atoms with Crippen LogP contribution < -0.4 is 9.47 Å². The number of carbonyl (C=O) groups is 1. The standard InChI is InChI=1S/C26H26N4O3/c1-2-20-5-3-4-6-22(20)30-10-9-21(16-27)25(30)26(31)29-13-11-28(12-14-29)17-19-7-8-23-24(15-19)33-18-32-23/h3-10,15H,2,11-14,17-18H2,1H3. The molecule has 1 aromatic heterocycles. The van der Waals surface area contributed by atoms with Crippen molar-refractivity contribution in [2.45, 2.75) is 19.9 Å². The minimum atomic E-state index is -0.0924. The van der Waals surface area contributed by atoms with Crippen molar-refractivity contribution in [2.24, 2.45) is 0 Å². The van der Waals surface area contributed by atoms with Gasteiger partial charge in [-0.3, -0.25) is 9.69 Å². The van der Waals surface area contributed by atoms with E-state index in [0.717, 1.165) is 54.4 Å². The van der Waals surface area contributed by atoms with E-state index < -0.39 is 0 Å². The van der Waals surface area contributed by atoms with E-state index in [4.69, 9.17) is 9.47 Å². The molecule has 1 amide bonds. The Kier molecular flexibility index (Phi) is 5.76. The van der Waals surface area contributed by atoms with Crippen LogP contribution in [0.2, 0.25) is 0 Å². The number of aryl methyl sites for hydroxylation is 1. The molecule has 5 rings (SSSR count). The third-order valence-corrected chi connectivity index (χ3v) is 6.34. The number of hydrogen-bond donors (Lipinski definition) is 0. The summed E-state index contributed by atoms with van der Waals surface area (Å²) in [6.45, 7) is 5.94. The van der Waals surface area contributed by atoms with Crippen molar-refractivity contribution < 1.29 is 14.3 Å². The second-order valence-corrected chi connectivity index (χ2v) is 8.30. The molecule has 7 heteroatoms. The number of piperazine rings is 1. The van der Waals surface area contributed by atoms with Crippen molar-refractivity contribution >= 4 is 5.91 Å². The first-order valence-corrected chi connectivity index (χ1v) is 11.3. The quantitative estimate of drug-likeness (QED) is 0.604. The van der Waals surface area contributed by atoms with Crippen molar-refractivity contribution in [3.63, 3.8) is 0 Å². The van der Waals surface area contributed by atoms with Gasteiger partial charge in [-0.15, -0.1) is 0 Å². The number of amides is 1. The number of ether oxygens (including phenoxy) is 2. The highest BCUT2D eigenvalue weighted by Crippen LogP contribution is 2.33. The highest BCUT2D eigenvalue weighted by molar-refractivity contribution is 5.96. The van der Waals surface area contributed by atoms with Crippen molar-refractivity contribution in [3.8, 4) is 23.3 Å². The number of carbonyl (C=O) groups excluding carboxylic acids is 1. The Morgan fingerprint density at radius 2 is 1.82 bits per heavy atom. The summed E-state index contributed by atoms with van der Waals surface area (Å²) in [4.78, 5) is 17.7. The molecule has 2 aliphatic rings. The van der Waals surface area contributed by atoms with Crippen LogP contribution in [-0.2, 0) is 13.0 Å². The molecule has 0 saturated carbocycles. The normalized spacial score (nSPS) is 15.5. The molecule has 0 radical (unpaired) electrons. The molecule has 0 N–H and O–H groups in total. The molecule has 3 heterocycles. The molecule has 2 aliphatic heterocycles. The lowest BCUT2D eigenvalue weighted by molar-refractivity contribution is 0.0620. The highest BCUT2D eigenvalue weighted by atomic mass is 16.7. The zero-order chi connectivity index (χ0) is 22.8. The topological polar surface area (TPSA) is 70.7 Å². The first-order valence-electron chi connectivity index (χ1n) is 11.3. The van der Waals surface area contributed by atoms with Gasteiger partial charge in [-0.1, -0.05) is 31.2 Å². The van der Waals surface area contributed by atoms with E-state index in [2.05, 4.69) is 30.0 Å². The van der Waals surface area contributed by atoms with Gasteiger partial charge >= 0.3 is 0 Å². The van der Waals surface area contributed by atoms with Crippen LogP contribution in [0.5, 0.6) is 11.5 Å². The maximum atomic E-state index is 13.5. The Labute approximate surface area is 193 Å². The Morgan fingerprint density at radius 1 is 1.03 bits per heavy atom.